The molecule has 0 fully saturated rings. The van der Waals surface area contributed by atoms with E-state index in [4.69, 9.17) is 5.10 Å². The predicted octanol–water partition coefficient (Wildman–Crippen LogP) is 2.84. The standard InChI is InChI=1S/C24H19N5O2S/c1-14-9-10-15(2)19(11-14)21-17(13-28(27-21)18-7-5-4-6-8-18)12-20-23(31)29-24(32-20)25-22(30)16(3)26-29/h4-13H,1-3H3. The fourth-order valence-corrected chi connectivity index (χ4v) is 4.43. The zero-order valence-electron chi connectivity index (χ0n) is 17.7. The first-order valence-electron chi connectivity index (χ1n) is 10.1. The van der Waals surface area contributed by atoms with Crippen LogP contribution in [0.3, 0.4) is 0 Å². The summed E-state index contributed by atoms with van der Waals surface area (Å²) in [6.45, 7) is 5.63. The van der Waals surface area contributed by atoms with Gasteiger partial charge < -0.3 is 0 Å². The molecule has 32 heavy (non-hydrogen) atoms. The zero-order valence-corrected chi connectivity index (χ0v) is 18.6. The minimum Gasteiger partial charge on any atom is -0.266 e. The van der Waals surface area contributed by atoms with Gasteiger partial charge in [-0.2, -0.15) is 19.7 Å². The van der Waals surface area contributed by atoms with E-state index in [1.165, 1.54) is 4.52 Å². The number of hydrogen-bond donors (Lipinski definition) is 0. The molecule has 3 aromatic heterocycles. The Morgan fingerprint density at radius 3 is 2.53 bits per heavy atom. The molecule has 0 aliphatic heterocycles. The molecule has 7 nitrogen and oxygen atoms in total. The first kappa shape index (κ1) is 20.0. The Kier molecular flexibility index (Phi) is 4.79. The third kappa shape index (κ3) is 3.44. The summed E-state index contributed by atoms with van der Waals surface area (Å²) >= 11 is 1.14. The lowest BCUT2D eigenvalue weighted by Gasteiger charge is -2.05. The fraction of sp³-hybridized carbons (Fsp3) is 0.125. The molecule has 0 saturated heterocycles. The van der Waals surface area contributed by atoms with Crippen molar-refractivity contribution in [3.8, 4) is 16.9 Å². The second kappa shape index (κ2) is 7.65. The van der Waals surface area contributed by atoms with E-state index in [1.807, 2.05) is 55.1 Å². The van der Waals surface area contributed by atoms with Crippen molar-refractivity contribution in [3.63, 3.8) is 0 Å². The monoisotopic (exact) mass is 441 g/mol. The number of hydrogen-bond acceptors (Lipinski definition) is 6. The maximum atomic E-state index is 13.0. The van der Waals surface area contributed by atoms with Crippen LogP contribution in [0.4, 0.5) is 0 Å². The Morgan fingerprint density at radius 1 is 0.969 bits per heavy atom. The van der Waals surface area contributed by atoms with Crippen molar-refractivity contribution in [2.75, 3.05) is 0 Å². The van der Waals surface area contributed by atoms with Crippen molar-refractivity contribution in [2.24, 2.45) is 0 Å². The molecule has 5 aromatic rings. The third-order valence-electron chi connectivity index (χ3n) is 5.24. The number of aromatic nitrogens is 5. The van der Waals surface area contributed by atoms with Gasteiger partial charge in [-0.25, -0.2) is 4.68 Å². The molecular formula is C24H19N5O2S. The fourth-order valence-electron chi connectivity index (χ4n) is 3.53. The largest absolute Gasteiger partial charge is 0.295 e. The van der Waals surface area contributed by atoms with Crippen LogP contribution < -0.4 is 15.7 Å². The molecule has 5 rings (SSSR count). The summed E-state index contributed by atoms with van der Waals surface area (Å²) in [5.74, 6) is 0. The quantitative estimate of drug-likeness (QED) is 0.430. The van der Waals surface area contributed by atoms with Crippen molar-refractivity contribution >= 4 is 22.4 Å². The zero-order chi connectivity index (χ0) is 22.4. The second-order valence-electron chi connectivity index (χ2n) is 7.64. The van der Waals surface area contributed by atoms with Crippen LogP contribution in [-0.2, 0) is 0 Å². The Hall–Kier alpha value is -3.91. The number of rotatable bonds is 3. The van der Waals surface area contributed by atoms with Gasteiger partial charge in [-0.1, -0.05) is 47.2 Å². The van der Waals surface area contributed by atoms with Gasteiger partial charge >= 0.3 is 0 Å². The molecule has 0 atom stereocenters. The molecule has 0 aliphatic rings. The first-order chi connectivity index (χ1) is 15.4. The highest BCUT2D eigenvalue weighted by Crippen LogP contribution is 2.28. The van der Waals surface area contributed by atoms with Crippen LogP contribution in [0, 0.1) is 20.8 Å². The second-order valence-corrected chi connectivity index (χ2v) is 8.65. The van der Waals surface area contributed by atoms with Crippen molar-refractivity contribution in [1.29, 1.82) is 0 Å². The normalized spacial score (nSPS) is 12.0. The van der Waals surface area contributed by atoms with Crippen LogP contribution in [-0.4, -0.2) is 24.4 Å². The van der Waals surface area contributed by atoms with Gasteiger partial charge in [-0.05, 0) is 50.6 Å². The molecular weight excluding hydrogens is 422 g/mol. The van der Waals surface area contributed by atoms with Crippen LogP contribution in [0.1, 0.15) is 22.4 Å². The number of nitrogens with zero attached hydrogens (tertiary/aromatic N) is 5. The average Bonchev–Trinajstić information content (AvgIpc) is 3.33. The molecule has 0 spiro atoms. The minimum absolute atomic E-state index is 0.192. The molecule has 0 N–H and O–H groups in total. The van der Waals surface area contributed by atoms with Crippen molar-refractivity contribution < 1.29 is 0 Å². The van der Waals surface area contributed by atoms with Crippen LogP contribution in [0.25, 0.3) is 28.0 Å². The molecule has 0 saturated carbocycles. The summed E-state index contributed by atoms with van der Waals surface area (Å²) in [5.41, 5.74) is 5.17. The molecule has 0 aliphatic carbocycles. The number of para-hydroxylation sites is 1. The van der Waals surface area contributed by atoms with Crippen molar-refractivity contribution in [1.82, 2.24) is 24.4 Å². The van der Waals surface area contributed by atoms with E-state index in [1.54, 1.807) is 13.0 Å². The van der Waals surface area contributed by atoms with Crippen molar-refractivity contribution in [3.05, 3.63) is 102 Å². The van der Waals surface area contributed by atoms with E-state index in [9.17, 15) is 9.59 Å². The van der Waals surface area contributed by atoms with Gasteiger partial charge in [0.15, 0.2) is 0 Å². The van der Waals surface area contributed by atoms with Crippen molar-refractivity contribution in [2.45, 2.75) is 20.8 Å². The molecule has 0 unspecified atom stereocenters. The van der Waals surface area contributed by atoms with Crippen LogP contribution in [0.2, 0.25) is 0 Å². The van der Waals surface area contributed by atoms with Gasteiger partial charge in [0.25, 0.3) is 11.1 Å². The third-order valence-corrected chi connectivity index (χ3v) is 6.20. The van der Waals surface area contributed by atoms with Gasteiger partial charge in [-0.3, -0.25) is 9.59 Å². The maximum absolute atomic E-state index is 13.0. The molecule has 8 heteroatoms. The molecule has 0 radical (unpaired) electrons. The lowest BCUT2D eigenvalue weighted by atomic mass is 10.0. The van der Waals surface area contributed by atoms with E-state index in [-0.39, 0.29) is 16.2 Å². The predicted molar refractivity (Wildman–Crippen MR) is 125 cm³/mol. The summed E-state index contributed by atoms with van der Waals surface area (Å²) in [5, 5.41) is 8.96. The van der Waals surface area contributed by atoms with Gasteiger partial charge in [0.1, 0.15) is 11.4 Å². The Labute approximate surface area is 186 Å². The molecule has 3 heterocycles. The summed E-state index contributed by atoms with van der Waals surface area (Å²) in [6.07, 6.45) is 3.71. The lowest BCUT2D eigenvalue weighted by Crippen LogP contribution is -2.27. The Bertz CT molecular complexity index is 1650. The molecule has 2 aromatic carbocycles. The SMILES string of the molecule is Cc1ccc(C)c(-c2nn(-c3ccccc3)cc2C=c2sc3nc(=O)c(C)nn3c2=O)c1. The Morgan fingerprint density at radius 2 is 1.75 bits per heavy atom. The van der Waals surface area contributed by atoms with Gasteiger partial charge in [0.05, 0.1) is 10.2 Å². The molecule has 158 valence electrons. The van der Waals surface area contributed by atoms with Gasteiger partial charge in [0.2, 0.25) is 4.96 Å². The van der Waals surface area contributed by atoms with Crippen LogP contribution in [0.5, 0.6) is 0 Å². The first-order valence-corrected chi connectivity index (χ1v) is 10.9. The summed E-state index contributed by atoms with van der Waals surface area (Å²) < 4.78 is 3.44. The summed E-state index contributed by atoms with van der Waals surface area (Å²) in [4.78, 5) is 29.1. The van der Waals surface area contributed by atoms with E-state index >= 15 is 0 Å². The van der Waals surface area contributed by atoms with Gasteiger partial charge in [0, 0.05) is 17.3 Å². The molecule has 0 amide bonds. The summed E-state index contributed by atoms with van der Waals surface area (Å²) in [7, 11) is 0. The van der Waals surface area contributed by atoms with Crippen LogP contribution in [0.15, 0.2) is 64.3 Å². The summed E-state index contributed by atoms with van der Waals surface area (Å²) in [6, 6.07) is 16.0. The molecule has 0 bridgehead atoms. The number of thiazole rings is 1. The highest BCUT2D eigenvalue weighted by Gasteiger charge is 2.15. The van der Waals surface area contributed by atoms with E-state index in [0.717, 1.165) is 45.0 Å². The topological polar surface area (TPSA) is 82.2 Å². The minimum atomic E-state index is -0.425. The highest BCUT2D eigenvalue weighted by atomic mass is 32.1. The average molecular weight is 442 g/mol. The highest BCUT2D eigenvalue weighted by molar-refractivity contribution is 7.15. The smallest absolute Gasteiger partial charge is 0.266 e. The van der Waals surface area contributed by atoms with Crippen LogP contribution >= 0.6 is 11.3 Å². The van der Waals surface area contributed by atoms with Gasteiger partial charge in [-0.15, -0.1) is 0 Å². The maximum Gasteiger partial charge on any atom is 0.295 e. The number of benzene rings is 2. The van der Waals surface area contributed by atoms with E-state index in [2.05, 4.69) is 28.3 Å². The van der Waals surface area contributed by atoms with E-state index in [0.29, 0.717) is 4.53 Å². The lowest BCUT2D eigenvalue weighted by molar-refractivity contribution is 0.833. The number of fused-ring (bicyclic) bond motifs is 1. The number of aryl methyl sites for hydroxylation is 3. The Balaban J connectivity index is 1.78. The van der Waals surface area contributed by atoms with E-state index < -0.39 is 5.56 Å².